The highest BCUT2D eigenvalue weighted by molar-refractivity contribution is 14.1. The average Bonchev–Trinajstić information content (AvgIpc) is 2.83. The predicted octanol–water partition coefficient (Wildman–Crippen LogP) is 3.16. The highest BCUT2D eigenvalue weighted by Gasteiger charge is 2.14. The Kier molecular flexibility index (Phi) is 4.12. The number of halogens is 1. The summed E-state index contributed by atoms with van der Waals surface area (Å²) >= 11 is 2.32. The molecule has 0 spiro atoms. The third-order valence-electron chi connectivity index (χ3n) is 3.46. The molecule has 3 N–H and O–H groups in total. The molecule has 3 aromatic rings. The molecule has 1 atom stereocenters. The summed E-state index contributed by atoms with van der Waals surface area (Å²) in [7, 11) is 0. The van der Waals surface area contributed by atoms with Gasteiger partial charge in [-0.15, -0.1) is 0 Å². The van der Waals surface area contributed by atoms with E-state index in [0.717, 1.165) is 23.1 Å². The second-order valence-corrected chi connectivity index (χ2v) is 6.18. The number of imidazole rings is 1. The molecule has 0 saturated heterocycles. The van der Waals surface area contributed by atoms with Gasteiger partial charge in [0.05, 0.1) is 17.1 Å². The van der Waals surface area contributed by atoms with E-state index in [4.69, 9.17) is 0 Å². The smallest absolute Gasteiger partial charge is 0.307 e. The molecule has 4 nitrogen and oxygen atoms in total. The Hall–Kier alpha value is -1.60. The SMILES string of the molecule is CCNC(c1cccc(I)c1)c1ccc2[nH]c(=O)[nH]c2c1. The number of rotatable bonds is 4. The van der Waals surface area contributed by atoms with Crippen molar-refractivity contribution < 1.29 is 0 Å². The van der Waals surface area contributed by atoms with Crippen molar-refractivity contribution in [1.29, 1.82) is 0 Å². The minimum atomic E-state index is -0.170. The van der Waals surface area contributed by atoms with E-state index in [1.165, 1.54) is 9.13 Å². The molecule has 0 aliphatic rings. The quantitative estimate of drug-likeness (QED) is 0.597. The van der Waals surface area contributed by atoms with E-state index in [2.05, 4.69) is 75.1 Å². The Balaban J connectivity index is 2.07. The summed E-state index contributed by atoms with van der Waals surface area (Å²) in [4.78, 5) is 17.0. The number of H-pyrrole nitrogens is 2. The molecular formula is C16H16IN3O. The maximum Gasteiger partial charge on any atom is 0.323 e. The number of nitrogens with one attached hydrogen (secondary N) is 3. The second-order valence-electron chi connectivity index (χ2n) is 4.93. The zero-order valence-electron chi connectivity index (χ0n) is 11.6. The summed E-state index contributed by atoms with van der Waals surface area (Å²) in [6.07, 6.45) is 0. The number of aromatic nitrogens is 2. The van der Waals surface area contributed by atoms with E-state index in [-0.39, 0.29) is 11.7 Å². The highest BCUT2D eigenvalue weighted by atomic mass is 127. The van der Waals surface area contributed by atoms with Crippen LogP contribution >= 0.6 is 22.6 Å². The van der Waals surface area contributed by atoms with Gasteiger partial charge in [0.15, 0.2) is 0 Å². The molecule has 0 bridgehead atoms. The van der Waals surface area contributed by atoms with Gasteiger partial charge in [-0.25, -0.2) is 4.79 Å². The van der Waals surface area contributed by atoms with Crippen LogP contribution in [0.2, 0.25) is 0 Å². The van der Waals surface area contributed by atoms with Gasteiger partial charge in [0.25, 0.3) is 0 Å². The van der Waals surface area contributed by atoms with Gasteiger partial charge in [-0.05, 0) is 64.5 Å². The fourth-order valence-electron chi connectivity index (χ4n) is 2.55. The summed E-state index contributed by atoms with van der Waals surface area (Å²) in [5, 5.41) is 3.51. The molecule has 0 aliphatic heterocycles. The van der Waals surface area contributed by atoms with Crippen molar-refractivity contribution in [1.82, 2.24) is 15.3 Å². The molecule has 108 valence electrons. The summed E-state index contributed by atoms with van der Waals surface area (Å²) in [6.45, 7) is 2.97. The van der Waals surface area contributed by atoms with Gasteiger partial charge in [-0.3, -0.25) is 0 Å². The summed E-state index contributed by atoms with van der Waals surface area (Å²) < 4.78 is 1.21. The Morgan fingerprint density at radius 2 is 1.86 bits per heavy atom. The normalized spacial score (nSPS) is 12.7. The van der Waals surface area contributed by atoms with Crippen molar-refractivity contribution in [2.45, 2.75) is 13.0 Å². The summed E-state index contributed by atoms with van der Waals surface area (Å²) in [5.41, 5.74) is 3.87. The molecule has 3 rings (SSSR count). The molecule has 0 saturated carbocycles. The molecule has 1 aromatic heterocycles. The lowest BCUT2D eigenvalue weighted by Crippen LogP contribution is -2.22. The maximum absolute atomic E-state index is 11.4. The number of fused-ring (bicyclic) bond motifs is 1. The van der Waals surface area contributed by atoms with E-state index >= 15 is 0 Å². The average molecular weight is 393 g/mol. The molecule has 0 fully saturated rings. The van der Waals surface area contributed by atoms with Crippen molar-refractivity contribution >= 4 is 33.6 Å². The van der Waals surface area contributed by atoms with Crippen LogP contribution in [0.3, 0.4) is 0 Å². The molecule has 1 unspecified atom stereocenters. The first-order valence-electron chi connectivity index (χ1n) is 6.88. The van der Waals surface area contributed by atoms with Gasteiger partial charge in [-0.2, -0.15) is 0 Å². The lowest BCUT2D eigenvalue weighted by molar-refractivity contribution is 0.631. The van der Waals surface area contributed by atoms with Crippen molar-refractivity contribution in [2.75, 3.05) is 6.54 Å². The van der Waals surface area contributed by atoms with Gasteiger partial charge >= 0.3 is 5.69 Å². The predicted molar refractivity (Wildman–Crippen MR) is 93.6 cm³/mol. The first-order chi connectivity index (χ1) is 10.2. The molecule has 2 aromatic carbocycles. The molecular weight excluding hydrogens is 377 g/mol. The van der Waals surface area contributed by atoms with Crippen LogP contribution in [0.5, 0.6) is 0 Å². The van der Waals surface area contributed by atoms with E-state index in [9.17, 15) is 4.79 Å². The van der Waals surface area contributed by atoms with Crippen molar-refractivity contribution in [3.8, 4) is 0 Å². The molecule has 0 amide bonds. The van der Waals surface area contributed by atoms with Crippen LogP contribution in [0.25, 0.3) is 11.0 Å². The third kappa shape index (κ3) is 3.03. The van der Waals surface area contributed by atoms with E-state index in [0.29, 0.717) is 0 Å². The zero-order valence-corrected chi connectivity index (χ0v) is 13.8. The first-order valence-corrected chi connectivity index (χ1v) is 7.96. The molecule has 1 heterocycles. The van der Waals surface area contributed by atoms with Gasteiger partial charge < -0.3 is 15.3 Å². The standard InChI is InChI=1S/C16H16IN3O/c1-2-18-15(10-4-3-5-12(17)8-10)11-6-7-13-14(9-11)20-16(21)19-13/h3-9,15,18H,2H2,1H3,(H2,19,20,21). The maximum atomic E-state index is 11.4. The van der Waals surface area contributed by atoms with Crippen LogP contribution < -0.4 is 11.0 Å². The van der Waals surface area contributed by atoms with Gasteiger partial charge in [0, 0.05) is 3.57 Å². The van der Waals surface area contributed by atoms with E-state index in [1.54, 1.807) is 0 Å². The lowest BCUT2D eigenvalue weighted by Gasteiger charge is -2.19. The molecule has 21 heavy (non-hydrogen) atoms. The van der Waals surface area contributed by atoms with Gasteiger partial charge in [-0.1, -0.05) is 25.1 Å². The first kappa shape index (κ1) is 14.3. The van der Waals surface area contributed by atoms with Crippen LogP contribution in [-0.4, -0.2) is 16.5 Å². The minimum absolute atomic E-state index is 0.118. The van der Waals surface area contributed by atoms with Crippen molar-refractivity contribution in [3.63, 3.8) is 0 Å². The van der Waals surface area contributed by atoms with E-state index in [1.807, 2.05) is 12.1 Å². The van der Waals surface area contributed by atoms with Crippen molar-refractivity contribution in [2.24, 2.45) is 0 Å². The Labute approximate surface area is 136 Å². The molecule has 0 aliphatic carbocycles. The number of hydrogen-bond acceptors (Lipinski definition) is 2. The molecule has 5 heteroatoms. The number of aromatic amines is 2. The minimum Gasteiger partial charge on any atom is -0.307 e. The third-order valence-corrected chi connectivity index (χ3v) is 4.13. The monoisotopic (exact) mass is 393 g/mol. The Morgan fingerprint density at radius 3 is 2.62 bits per heavy atom. The van der Waals surface area contributed by atoms with Crippen LogP contribution in [-0.2, 0) is 0 Å². The fourth-order valence-corrected chi connectivity index (χ4v) is 3.12. The van der Waals surface area contributed by atoms with Gasteiger partial charge in [0.1, 0.15) is 0 Å². The Bertz CT molecular complexity index is 822. The van der Waals surface area contributed by atoms with Crippen LogP contribution in [0.1, 0.15) is 24.1 Å². The Morgan fingerprint density at radius 1 is 1.10 bits per heavy atom. The van der Waals surface area contributed by atoms with Gasteiger partial charge in [0.2, 0.25) is 0 Å². The number of hydrogen-bond donors (Lipinski definition) is 3. The molecule has 0 radical (unpaired) electrons. The second kappa shape index (κ2) is 6.03. The largest absolute Gasteiger partial charge is 0.323 e. The van der Waals surface area contributed by atoms with Crippen LogP contribution in [0.15, 0.2) is 47.3 Å². The van der Waals surface area contributed by atoms with Crippen LogP contribution in [0.4, 0.5) is 0 Å². The topological polar surface area (TPSA) is 60.7 Å². The van der Waals surface area contributed by atoms with Crippen LogP contribution in [0, 0.1) is 3.57 Å². The highest BCUT2D eigenvalue weighted by Crippen LogP contribution is 2.25. The fraction of sp³-hybridized carbons (Fsp3) is 0.188. The lowest BCUT2D eigenvalue weighted by atomic mass is 9.98. The van der Waals surface area contributed by atoms with E-state index < -0.39 is 0 Å². The van der Waals surface area contributed by atoms with Crippen molar-refractivity contribution in [3.05, 3.63) is 67.6 Å². The summed E-state index contributed by atoms with van der Waals surface area (Å²) in [6, 6.07) is 14.6. The summed E-state index contributed by atoms with van der Waals surface area (Å²) in [5.74, 6) is 0. The number of benzene rings is 2. The zero-order chi connectivity index (χ0) is 14.8.